The standard InChI is InChI=1S/C13H24N2O2/c1-10(2)8-15(6-7-16-5)9-13-11(3)14-17-12(13)4/h10H,6-9H2,1-5H3. The van der Waals surface area contributed by atoms with E-state index in [-0.39, 0.29) is 0 Å². The maximum absolute atomic E-state index is 5.20. The monoisotopic (exact) mass is 240 g/mol. The van der Waals surface area contributed by atoms with Crippen LogP contribution in [0.5, 0.6) is 0 Å². The summed E-state index contributed by atoms with van der Waals surface area (Å²) >= 11 is 0. The Hall–Kier alpha value is -0.870. The highest BCUT2D eigenvalue weighted by Gasteiger charge is 2.14. The van der Waals surface area contributed by atoms with Crippen molar-refractivity contribution in [1.29, 1.82) is 0 Å². The van der Waals surface area contributed by atoms with Gasteiger partial charge in [0.2, 0.25) is 0 Å². The zero-order chi connectivity index (χ0) is 12.8. The second-order valence-electron chi connectivity index (χ2n) is 4.92. The third-order valence-corrected chi connectivity index (χ3v) is 2.80. The smallest absolute Gasteiger partial charge is 0.138 e. The fourth-order valence-electron chi connectivity index (χ4n) is 1.92. The van der Waals surface area contributed by atoms with Crippen LogP contribution in [0.3, 0.4) is 0 Å². The molecular formula is C13H24N2O2. The van der Waals surface area contributed by atoms with Gasteiger partial charge in [-0.2, -0.15) is 0 Å². The average molecular weight is 240 g/mol. The summed E-state index contributed by atoms with van der Waals surface area (Å²) in [6, 6.07) is 0. The lowest BCUT2D eigenvalue weighted by Gasteiger charge is -2.23. The number of hydrogen-bond donors (Lipinski definition) is 0. The lowest BCUT2D eigenvalue weighted by Crippen LogP contribution is -2.31. The molecule has 0 N–H and O–H groups in total. The molecule has 0 bridgehead atoms. The van der Waals surface area contributed by atoms with Crippen LogP contribution in [0, 0.1) is 19.8 Å². The molecule has 0 radical (unpaired) electrons. The SMILES string of the molecule is COCCN(Cc1c(C)noc1C)CC(C)C. The minimum absolute atomic E-state index is 0.646. The fourth-order valence-corrected chi connectivity index (χ4v) is 1.92. The quantitative estimate of drug-likeness (QED) is 0.733. The molecule has 4 heteroatoms. The zero-order valence-corrected chi connectivity index (χ0v) is 11.6. The van der Waals surface area contributed by atoms with E-state index in [0.29, 0.717) is 5.92 Å². The minimum Gasteiger partial charge on any atom is -0.383 e. The number of ether oxygens (including phenoxy) is 1. The highest BCUT2D eigenvalue weighted by Crippen LogP contribution is 2.15. The summed E-state index contributed by atoms with van der Waals surface area (Å²) in [5.41, 5.74) is 2.20. The maximum Gasteiger partial charge on any atom is 0.138 e. The average Bonchev–Trinajstić information content (AvgIpc) is 2.56. The van der Waals surface area contributed by atoms with Crippen molar-refractivity contribution in [2.45, 2.75) is 34.2 Å². The van der Waals surface area contributed by atoms with Crippen LogP contribution in [0.2, 0.25) is 0 Å². The van der Waals surface area contributed by atoms with Crippen molar-refractivity contribution < 1.29 is 9.26 Å². The molecule has 0 amide bonds. The molecule has 4 nitrogen and oxygen atoms in total. The van der Waals surface area contributed by atoms with Gasteiger partial charge in [0.05, 0.1) is 12.3 Å². The first-order valence-corrected chi connectivity index (χ1v) is 6.17. The predicted octanol–water partition coefficient (Wildman–Crippen LogP) is 2.40. The zero-order valence-electron chi connectivity index (χ0n) is 11.6. The van der Waals surface area contributed by atoms with Gasteiger partial charge in [0.1, 0.15) is 5.76 Å². The molecule has 17 heavy (non-hydrogen) atoms. The Bertz CT molecular complexity index is 315. The minimum atomic E-state index is 0.646. The van der Waals surface area contributed by atoms with Gasteiger partial charge in [-0.15, -0.1) is 0 Å². The van der Waals surface area contributed by atoms with E-state index in [4.69, 9.17) is 9.26 Å². The molecule has 1 heterocycles. The summed E-state index contributed by atoms with van der Waals surface area (Å²) in [7, 11) is 1.74. The molecule has 0 saturated carbocycles. The number of nitrogens with zero attached hydrogens (tertiary/aromatic N) is 2. The summed E-state index contributed by atoms with van der Waals surface area (Å²) in [6.45, 7) is 12.1. The van der Waals surface area contributed by atoms with Crippen molar-refractivity contribution in [1.82, 2.24) is 10.1 Å². The first-order valence-electron chi connectivity index (χ1n) is 6.17. The van der Waals surface area contributed by atoms with Crippen LogP contribution in [0.4, 0.5) is 0 Å². The van der Waals surface area contributed by atoms with Crippen molar-refractivity contribution in [2.24, 2.45) is 5.92 Å². The second-order valence-corrected chi connectivity index (χ2v) is 4.92. The summed E-state index contributed by atoms with van der Waals surface area (Å²) in [4.78, 5) is 2.39. The van der Waals surface area contributed by atoms with Crippen LogP contribution in [-0.4, -0.2) is 36.9 Å². The highest BCUT2D eigenvalue weighted by atomic mass is 16.5. The Morgan fingerprint density at radius 2 is 2.06 bits per heavy atom. The van der Waals surface area contributed by atoms with Crippen molar-refractivity contribution in [3.05, 3.63) is 17.0 Å². The molecule has 1 aromatic rings. The number of methoxy groups -OCH3 is 1. The van der Waals surface area contributed by atoms with Crippen LogP contribution in [0.25, 0.3) is 0 Å². The molecule has 0 saturated heterocycles. The Labute approximate surface area is 104 Å². The van der Waals surface area contributed by atoms with Crippen LogP contribution in [0.1, 0.15) is 30.9 Å². The molecule has 0 atom stereocenters. The molecule has 98 valence electrons. The van der Waals surface area contributed by atoms with Gasteiger partial charge >= 0.3 is 0 Å². The lowest BCUT2D eigenvalue weighted by atomic mass is 10.1. The summed E-state index contributed by atoms with van der Waals surface area (Å²) in [6.07, 6.45) is 0. The molecule has 0 fully saturated rings. The van der Waals surface area contributed by atoms with Gasteiger partial charge in [0, 0.05) is 32.3 Å². The van der Waals surface area contributed by atoms with E-state index in [0.717, 1.165) is 37.7 Å². The largest absolute Gasteiger partial charge is 0.383 e. The van der Waals surface area contributed by atoms with Crippen LogP contribution in [0.15, 0.2) is 4.52 Å². The predicted molar refractivity (Wildman–Crippen MR) is 68.0 cm³/mol. The second kappa shape index (κ2) is 6.77. The van der Waals surface area contributed by atoms with E-state index >= 15 is 0 Å². The van der Waals surface area contributed by atoms with E-state index in [9.17, 15) is 0 Å². The molecule has 0 unspecified atom stereocenters. The molecular weight excluding hydrogens is 216 g/mol. The Morgan fingerprint density at radius 1 is 1.35 bits per heavy atom. The van der Waals surface area contributed by atoms with Crippen LogP contribution >= 0.6 is 0 Å². The molecule has 0 aliphatic carbocycles. The molecule has 0 aliphatic heterocycles. The Kier molecular flexibility index (Phi) is 5.65. The first kappa shape index (κ1) is 14.2. The summed E-state index contributed by atoms with van der Waals surface area (Å²) < 4.78 is 10.4. The lowest BCUT2D eigenvalue weighted by molar-refractivity contribution is 0.135. The maximum atomic E-state index is 5.20. The van der Waals surface area contributed by atoms with Gasteiger partial charge < -0.3 is 9.26 Å². The third kappa shape index (κ3) is 4.48. The molecule has 0 aromatic carbocycles. The number of aromatic nitrogens is 1. The fraction of sp³-hybridized carbons (Fsp3) is 0.769. The van der Waals surface area contributed by atoms with E-state index in [2.05, 4.69) is 23.9 Å². The third-order valence-electron chi connectivity index (χ3n) is 2.80. The van der Waals surface area contributed by atoms with Crippen molar-refractivity contribution >= 4 is 0 Å². The van der Waals surface area contributed by atoms with E-state index < -0.39 is 0 Å². The van der Waals surface area contributed by atoms with Crippen molar-refractivity contribution in [2.75, 3.05) is 26.8 Å². The normalized spacial score (nSPS) is 11.7. The van der Waals surface area contributed by atoms with Crippen molar-refractivity contribution in [3.8, 4) is 0 Å². The molecule has 1 aromatic heterocycles. The summed E-state index contributed by atoms with van der Waals surface area (Å²) in [5, 5.41) is 4.00. The Morgan fingerprint density at radius 3 is 2.53 bits per heavy atom. The molecule has 0 aliphatic rings. The van der Waals surface area contributed by atoms with E-state index in [1.54, 1.807) is 7.11 Å². The van der Waals surface area contributed by atoms with Crippen molar-refractivity contribution in [3.63, 3.8) is 0 Å². The topological polar surface area (TPSA) is 38.5 Å². The van der Waals surface area contributed by atoms with E-state index in [1.807, 2.05) is 13.8 Å². The van der Waals surface area contributed by atoms with Gasteiger partial charge in [-0.3, -0.25) is 4.90 Å². The highest BCUT2D eigenvalue weighted by molar-refractivity contribution is 5.20. The van der Waals surface area contributed by atoms with Crippen LogP contribution in [-0.2, 0) is 11.3 Å². The summed E-state index contributed by atoms with van der Waals surface area (Å²) in [5.74, 6) is 1.57. The van der Waals surface area contributed by atoms with Gasteiger partial charge in [-0.05, 0) is 19.8 Å². The van der Waals surface area contributed by atoms with Gasteiger partial charge in [0.15, 0.2) is 0 Å². The number of hydrogen-bond acceptors (Lipinski definition) is 4. The Balaban J connectivity index is 2.64. The molecule has 1 rings (SSSR count). The first-order chi connectivity index (χ1) is 8.04. The number of aryl methyl sites for hydroxylation is 2. The van der Waals surface area contributed by atoms with Gasteiger partial charge in [-0.1, -0.05) is 19.0 Å². The van der Waals surface area contributed by atoms with Gasteiger partial charge in [-0.25, -0.2) is 0 Å². The van der Waals surface area contributed by atoms with Crippen LogP contribution < -0.4 is 0 Å². The molecule has 0 spiro atoms. The van der Waals surface area contributed by atoms with Gasteiger partial charge in [0.25, 0.3) is 0 Å². The van der Waals surface area contributed by atoms with E-state index in [1.165, 1.54) is 5.56 Å². The number of rotatable bonds is 7.